The van der Waals surface area contributed by atoms with Crippen LogP contribution in [0.25, 0.3) is 21.7 Å². The van der Waals surface area contributed by atoms with Crippen molar-refractivity contribution in [1.29, 1.82) is 0 Å². The summed E-state index contributed by atoms with van der Waals surface area (Å²) in [4.78, 5) is 5.44. The second-order valence-electron chi connectivity index (χ2n) is 4.08. The van der Waals surface area contributed by atoms with Crippen molar-refractivity contribution in [2.24, 2.45) is 0 Å². The number of nitrogens with two attached hydrogens (primary N) is 1. The molecule has 19 heavy (non-hydrogen) atoms. The molecule has 3 rings (SSSR count). The van der Waals surface area contributed by atoms with E-state index in [4.69, 9.17) is 17.3 Å². The summed E-state index contributed by atoms with van der Waals surface area (Å²) < 4.78 is 0. The Balaban J connectivity index is 2.21. The fourth-order valence-corrected chi connectivity index (χ4v) is 3.14. The summed E-state index contributed by atoms with van der Waals surface area (Å²) in [7, 11) is 0. The fourth-order valence-electron chi connectivity index (χ4n) is 1.96. The Morgan fingerprint density at radius 3 is 2.37 bits per heavy atom. The van der Waals surface area contributed by atoms with Crippen molar-refractivity contribution in [3.63, 3.8) is 0 Å². The van der Waals surface area contributed by atoms with Crippen molar-refractivity contribution in [3.8, 4) is 21.7 Å². The Bertz CT molecular complexity index is 707. The monoisotopic (exact) mass is 286 g/mol. The van der Waals surface area contributed by atoms with Gasteiger partial charge in [0.1, 0.15) is 0 Å². The van der Waals surface area contributed by atoms with Crippen molar-refractivity contribution < 1.29 is 0 Å². The predicted molar refractivity (Wildman–Crippen MR) is 82.4 cm³/mol. The van der Waals surface area contributed by atoms with Crippen LogP contribution in [0.2, 0.25) is 5.02 Å². The highest BCUT2D eigenvalue weighted by Crippen LogP contribution is 2.40. The molecule has 2 aromatic carbocycles. The second-order valence-corrected chi connectivity index (χ2v) is 5.51. The molecule has 0 fully saturated rings. The summed E-state index contributed by atoms with van der Waals surface area (Å²) in [6.07, 6.45) is 0. The van der Waals surface area contributed by atoms with E-state index in [2.05, 4.69) is 4.98 Å². The zero-order valence-corrected chi connectivity index (χ0v) is 11.6. The maximum absolute atomic E-state index is 6.27. The number of hydrogen-bond donors (Lipinski definition) is 1. The van der Waals surface area contributed by atoms with E-state index in [9.17, 15) is 0 Å². The summed E-state index contributed by atoms with van der Waals surface area (Å²) >= 11 is 7.72. The number of nitrogens with zero attached hydrogens (tertiary/aromatic N) is 1. The van der Waals surface area contributed by atoms with E-state index in [0.29, 0.717) is 10.2 Å². The highest BCUT2D eigenvalue weighted by atomic mass is 35.5. The van der Waals surface area contributed by atoms with Crippen LogP contribution in [-0.2, 0) is 0 Å². The lowest BCUT2D eigenvalue weighted by atomic mass is 10.1. The van der Waals surface area contributed by atoms with E-state index in [-0.39, 0.29) is 0 Å². The highest BCUT2D eigenvalue weighted by Gasteiger charge is 2.15. The third-order valence-corrected chi connectivity index (χ3v) is 4.06. The fraction of sp³-hybridized carbons (Fsp3) is 0. The zero-order chi connectivity index (χ0) is 13.2. The van der Waals surface area contributed by atoms with E-state index in [1.54, 1.807) is 0 Å². The van der Waals surface area contributed by atoms with E-state index < -0.39 is 0 Å². The average Bonchev–Trinajstić information content (AvgIpc) is 2.82. The quantitative estimate of drug-likeness (QED) is 0.741. The molecule has 2 nitrogen and oxygen atoms in total. The first-order chi connectivity index (χ1) is 9.25. The number of anilines is 1. The molecule has 4 heteroatoms. The maximum atomic E-state index is 6.27. The van der Waals surface area contributed by atoms with E-state index in [1.165, 1.54) is 11.3 Å². The minimum Gasteiger partial charge on any atom is -0.375 e. The van der Waals surface area contributed by atoms with Gasteiger partial charge in [0.05, 0.1) is 10.6 Å². The summed E-state index contributed by atoms with van der Waals surface area (Å²) in [6.45, 7) is 0. The minimum atomic E-state index is 0.550. The first kappa shape index (κ1) is 12.2. The first-order valence-electron chi connectivity index (χ1n) is 5.82. The van der Waals surface area contributed by atoms with E-state index in [1.807, 2.05) is 54.6 Å². The summed E-state index contributed by atoms with van der Waals surface area (Å²) in [6, 6.07) is 17.7. The van der Waals surface area contributed by atoms with Crippen molar-refractivity contribution >= 4 is 28.1 Å². The molecule has 0 aliphatic carbocycles. The third kappa shape index (κ3) is 2.35. The molecule has 0 saturated carbocycles. The van der Waals surface area contributed by atoms with Gasteiger partial charge in [-0.15, -0.1) is 0 Å². The van der Waals surface area contributed by atoms with Gasteiger partial charge in [-0.05, 0) is 6.07 Å². The molecule has 1 heterocycles. The smallest absolute Gasteiger partial charge is 0.181 e. The predicted octanol–water partition coefficient (Wildman–Crippen LogP) is 4.71. The van der Waals surface area contributed by atoms with Gasteiger partial charge in [-0.3, -0.25) is 0 Å². The van der Waals surface area contributed by atoms with Crippen molar-refractivity contribution in [3.05, 3.63) is 59.6 Å². The van der Waals surface area contributed by atoms with Crippen LogP contribution in [0.15, 0.2) is 54.6 Å². The van der Waals surface area contributed by atoms with Gasteiger partial charge >= 0.3 is 0 Å². The standard InChI is InChI=1S/C15H11ClN2S/c16-12-9-5-4-8-11(12)14-13(18-15(17)19-14)10-6-2-1-3-7-10/h1-9H,(H2,17,18). The molecule has 1 aromatic heterocycles. The van der Waals surface area contributed by atoms with Gasteiger partial charge in [0.25, 0.3) is 0 Å². The van der Waals surface area contributed by atoms with Gasteiger partial charge in [-0.2, -0.15) is 0 Å². The van der Waals surface area contributed by atoms with Gasteiger partial charge in [0.15, 0.2) is 5.13 Å². The molecule has 0 atom stereocenters. The van der Waals surface area contributed by atoms with Crippen LogP contribution in [-0.4, -0.2) is 4.98 Å². The highest BCUT2D eigenvalue weighted by molar-refractivity contribution is 7.19. The average molecular weight is 287 g/mol. The van der Waals surface area contributed by atoms with Gasteiger partial charge in [0, 0.05) is 16.1 Å². The normalized spacial score (nSPS) is 10.6. The first-order valence-corrected chi connectivity index (χ1v) is 7.02. The molecule has 0 radical (unpaired) electrons. The second kappa shape index (κ2) is 5.03. The van der Waals surface area contributed by atoms with Crippen LogP contribution < -0.4 is 5.73 Å². The number of benzene rings is 2. The molecule has 2 N–H and O–H groups in total. The Labute approximate surface area is 120 Å². The summed E-state index contributed by atoms with van der Waals surface area (Å²) in [5.41, 5.74) is 8.77. The lowest BCUT2D eigenvalue weighted by molar-refractivity contribution is 1.41. The molecule has 3 aromatic rings. The van der Waals surface area contributed by atoms with Gasteiger partial charge < -0.3 is 5.73 Å². The zero-order valence-electron chi connectivity index (χ0n) is 10.0. The summed E-state index contributed by atoms with van der Waals surface area (Å²) in [5.74, 6) is 0. The Kier molecular flexibility index (Phi) is 3.23. The number of nitrogen functional groups attached to an aromatic ring is 1. The molecule has 0 aliphatic heterocycles. The number of halogens is 1. The topological polar surface area (TPSA) is 38.9 Å². The molecule has 0 unspecified atom stereocenters. The largest absolute Gasteiger partial charge is 0.375 e. The third-order valence-electron chi connectivity index (χ3n) is 2.81. The Morgan fingerprint density at radius 1 is 0.947 bits per heavy atom. The summed E-state index contributed by atoms with van der Waals surface area (Å²) in [5, 5.41) is 1.26. The molecular weight excluding hydrogens is 276 g/mol. The molecule has 0 aliphatic rings. The van der Waals surface area contributed by atoms with E-state index >= 15 is 0 Å². The molecule has 0 bridgehead atoms. The lowest BCUT2D eigenvalue weighted by Gasteiger charge is -2.04. The van der Waals surface area contributed by atoms with Crippen LogP contribution in [0.5, 0.6) is 0 Å². The van der Waals surface area contributed by atoms with Gasteiger partial charge in [-0.25, -0.2) is 4.98 Å². The van der Waals surface area contributed by atoms with Crippen LogP contribution in [0.4, 0.5) is 5.13 Å². The van der Waals surface area contributed by atoms with Crippen LogP contribution in [0, 0.1) is 0 Å². The molecular formula is C15H11ClN2S. The molecule has 94 valence electrons. The van der Waals surface area contributed by atoms with E-state index in [0.717, 1.165) is 21.7 Å². The number of rotatable bonds is 2. The van der Waals surface area contributed by atoms with Crippen LogP contribution in [0.1, 0.15) is 0 Å². The Hall–Kier alpha value is -1.84. The van der Waals surface area contributed by atoms with Crippen LogP contribution in [0.3, 0.4) is 0 Å². The number of hydrogen-bond acceptors (Lipinski definition) is 3. The number of thiazole rings is 1. The van der Waals surface area contributed by atoms with Gasteiger partial charge in [0.2, 0.25) is 0 Å². The SMILES string of the molecule is Nc1nc(-c2ccccc2)c(-c2ccccc2Cl)s1. The molecule has 0 spiro atoms. The van der Waals surface area contributed by atoms with Crippen LogP contribution >= 0.6 is 22.9 Å². The molecule has 0 amide bonds. The Morgan fingerprint density at radius 2 is 1.63 bits per heavy atom. The lowest BCUT2D eigenvalue weighted by Crippen LogP contribution is -1.84. The van der Waals surface area contributed by atoms with Crippen molar-refractivity contribution in [2.75, 3.05) is 5.73 Å². The molecule has 0 saturated heterocycles. The number of aromatic nitrogens is 1. The van der Waals surface area contributed by atoms with Crippen molar-refractivity contribution in [2.45, 2.75) is 0 Å². The maximum Gasteiger partial charge on any atom is 0.181 e. The van der Waals surface area contributed by atoms with Crippen molar-refractivity contribution in [1.82, 2.24) is 4.98 Å². The van der Waals surface area contributed by atoms with Gasteiger partial charge in [-0.1, -0.05) is 71.5 Å². The minimum absolute atomic E-state index is 0.550.